The number of ether oxygens (including phenoxy) is 1. The molecule has 0 saturated carbocycles. The molecule has 0 N–H and O–H groups in total. The second-order valence-electron chi connectivity index (χ2n) is 7.13. The van der Waals surface area contributed by atoms with Gasteiger partial charge in [0.15, 0.2) is 12.4 Å². The number of ketones is 1. The van der Waals surface area contributed by atoms with E-state index in [9.17, 15) is 9.59 Å². The fraction of sp³-hybridized carbons (Fsp3) is 0.115. The van der Waals surface area contributed by atoms with E-state index in [-0.39, 0.29) is 12.4 Å². The van der Waals surface area contributed by atoms with E-state index >= 15 is 0 Å². The molecule has 154 valence electrons. The number of halogens is 1. The van der Waals surface area contributed by atoms with Crippen molar-refractivity contribution in [1.82, 2.24) is 4.98 Å². The Hall–Kier alpha value is -3.31. The summed E-state index contributed by atoms with van der Waals surface area (Å²) in [5, 5.41) is 0.688. The lowest BCUT2D eigenvalue weighted by molar-refractivity contribution is 0.0476. The lowest BCUT2D eigenvalue weighted by Crippen LogP contribution is -2.15. The fourth-order valence-electron chi connectivity index (χ4n) is 3.33. The number of esters is 1. The number of para-hydroxylation sites is 1. The van der Waals surface area contributed by atoms with Gasteiger partial charge in [-0.05, 0) is 36.2 Å². The molecular formula is C26H20BrNO3. The van der Waals surface area contributed by atoms with Gasteiger partial charge in [-0.15, -0.1) is 0 Å². The molecule has 3 aromatic carbocycles. The molecule has 0 aliphatic carbocycles. The van der Waals surface area contributed by atoms with Gasteiger partial charge in [0, 0.05) is 21.0 Å². The highest BCUT2D eigenvalue weighted by molar-refractivity contribution is 9.10. The van der Waals surface area contributed by atoms with E-state index < -0.39 is 5.97 Å². The van der Waals surface area contributed by atoms with E-state index in [4.69, 9.17) is 4.74 Å². The molecule has 0 unspecified atom stereocenters. The van der Waals surface area contributed by atoms with Crippen molar-refractivity contribution in [3.05, 3.63) is 100 Å². The zero-order valence-corrected chi connectivity index (χ0v) is 18.6. The van der Waals surface area contributed by atoms with Crippen LogP contribution in [0.5, 0.6) is 0 Å². The maximum absolute atomic E-state index is 12.9. The summed E-state index contributed by atoms with van der Waals surface area (Å²) in [6, 6.07) is 24.2. The number of pyridine rings is 1. The van der Waals surface area contributed by atoms with Gasteiger partial charge in [-0.2, -0.15) is 0 Å². The molecule has 0 aliphatic heterocycles. The van der Waals surface area contributed by atoms with Crippen LogP contribution in [-0.4, -0.2) is 23.3 Å². The summed E-state index contributed by atoms with van der Waals surface area (Å²) in [5.74, 6) is -0.780. The lowest BCUT2D eigenvalue weighted by atomic mass is 10.0. The van der Waals surface area contributed by atoms with Crippen LogP contribution in [0.25, 0.3) is 22.2 Å². The van der Waals surface area contributed by atoms with Gasteiger partial charge in [0.25, 0.3) is 0 Å². The molecular weight excluding hydrogens is 454 g/mol. The number of hydrogen-bond acceptors (Lipinski definition) is 4. The third kappa shape index (κ3) is 4.72. The predicted octanol–water partition coefficient (Wildman–Crippen LogP) is 6.27. The fourth-order valence-corrected chi connectivity index (χ4v) is 3.60. The van der Waals surface area contributed by atoms with Gasteiger partial charge in [0.1, 0.15) is 0 Å². The van der Waals surface area contributed by atoms with Crippen molar-refractivity contribution in [2.24, 2.45) is 0 Å². The average molecular weight is 474 g/mol. The molecule has 0 spiro atoms. The van der Waals surface area contributed by atoms with Crippen molar-refractivity contribution >= 4 is 38.6 Å². The number of nitrogens with zero attached hydrogens (tertiary/aromatic N) is 1. The zero-order chi connectivity index (χ0) is 21.8. The van der Waals surface area contributed by atoms with Crippen LogP contribution >= 0.6 is 15.9 Å². The molecule has 4 aromatic rings. The summed E-state index contributed by atoms with van der Waals surface area (Å²) in [5.41, 5.74) is 4.31. The highest BCUT2D eigenvalue weighted by Gasteiger charge is 2.17. The first-order chi connectivity index (χ1) is 15.0. The van der Waals surface area contributed by atoms with Gasteiger partial charge in [-0.3, -0.25) is 4.79 Å². The molecule has 0 saturated heterocycles. The standard InChI is InChI=1S/C26H20BrNO3/c1-2-17-7-9-19(10-8-17)25(29)16-31-26(30)22-15-24(18-11-13-20(27)14-12-18)28-23-6-4-3-5-21(22)23/h3-15H,2,16H2,1H3. The van der Waals surface area contributed by atoms with Crippen LogP contribution in [0.4, 0.5) is 0 Å². The molecule has 0 bridgehead atoms. The number of aryl methyl sites for hydroxylation is 1. The largest absolute Gasteiger partial charge is 0.454 e. The maximum Gasteiger partial charge on any atom is 0.339 e. The number of fused-ring (bicyclic) bond motifs is 1. The van der Waals surface area contributed by atoms with Crippen molar-refractivity contribution in [1.29, 1.82) is 0 Å². The molecule has 0 aliphatic rings. The van der Waals surface area contributed by atoms with Gasteiger partial charge in [0.05, 0.1) is 16.8 Å². The van der Waals surface area contributed by atoms with Crippen molar-refractivity contribution in [3.63, 3.8) is 0 Å². The highest BCUT2D eigenvalue weighted by atomic mass is 79.9. The summed E-state index contributed by atoms with van der Waals surface area (Å²) in [6.07, 6.45) is 0.902. The number of rotatable bonds is 6. The Kier molecular flexibility index (Phi) is 6.23. The molecule has 0 radical (unpaired) electrons. The highest BCUT2D eigenvalue weighted by Crippen LogP contribution is 2.26. The maximum atomic E-state index is 12.9. The molecule has 0 amide bonds. The zero-order valence-electron chi connectivity index (χ0n) is 17.0. The summed E-state index contributed by atoms with van der Waals surface area (Å²) in [7, 11) is 0. The van der Waals surface area contributed by atoms with E-state index in [0.29, 0.717) is 27.7 Å². The SMILES string of the molecule is CCc1ccc(C(=O)COC(=O)c2cc(-c3ccc(Br)cc3)nc3ccccc23)cc1. The first-order valence-electron chi connectivity index (χ1n) is 10.00. The Bertz CT molecular complexity index is 1250. The summed E-state index contributed by atoms with van der Waals surface area (Å²) in [4.78, 5) is 30.1. The quantitative estimate of drug-likeness (QED) is 0.244. The topological polar surface area (TPSA) is 56.3 Å². The molecule has 1 aromatic heterocycles. The predicted molar refractivity (Wildman–Crippen MR) is 125 cm³/mol. The molecule has 0 fully saturated rings. The Morgan fingerprint density at radius 2 is 1.65 bits per heavy atom. The van der Waals surface area contributed by atoms with Crippen LogP contribution in [0, 0.1) is 0 Å². The van der Waals surface area contributed by atoms with Crippen LogP contribution in [0.3, 0.4) is 0 Å². The number of hydrogen-bond donors (Lipinski definition) is 0. The van der Waals surface area contributed by atoms with Crippen LogP contribution in [0.1, 0.15) is 33.2 Å². The lowest BCUT2D eigenvalue weighted by Gasteiger charge is -2.10. The van der Waals surface area contributed by atoms with E-state index in [0.717, 1.165) is 22.0 Å². The van der Waals surface area contributed by atoms with Gasteiger partial charge in [-0.25, -0.2) is 9.78 Å². The number of benzene rings is 3. The van der Waals surface area contributed by atoms with Crippen LogP contribution < -0.4 is 0 Å². The third-order valence-electron chi connectivity index (χ3n) is 5.09. The first-order valence-corrected chi connectivity index (χ1v) is 10.8. The van der Waals surface area contributed by atoms with Gasteiger partial charge < -0.3 is 4.74 Å². The van der Waals surface area contributed by atoms with E-state index in [1.807, 2.05) is 60.7 Å². The minimum atomic E-state index is -0.546. The summed E-state index contributed by atoms with van der Waals surface area (Å²) < 4.78 is 6.36. The van der Waals surface area contributed by atoms with E-state index in [1.165, 1.54) is 0 Å². The van der Waals surface area contributed by atoms with Gasteiger partial charge in [-0.1, -0.05) is 77.5 Å². The molecule has 4 nitrogen and oxygen atoms in total. The number of carbonyl (C=O) groups is 2. The number of Topliss-reactive ketones (excluding diaryl/α,β-unsaturated/α-hetero) is 1. The molecule has 31 heavy (non-hydrogen) atoms. The minimum absolute atomic E-state index is 0.234. The summed E-state index contributed by atoms with van der Waals surface area (Å²) in [6.45, 7) is 1.74. The van der Waals surface area contributed by atoms with Crippen molar-refractivity contribution in [3.8, 4) is 11.3 Å². The van der Waals surface area contributed by atoms with E-state index in [1.54, 1.807) is 18.2 Å². The first kappa shape index (κ1) is 20.9. The number of aromatic nitrogens is 1. The van der Waals surface area contributed by atoms with Crippen LogP contribution in [-0.2, 0) is 11.2 Å². The normalized spacial score (nSPS) is 10.8. The van der Waals surface area contributed by atoms with Crippen LogP contribution in [0.15, 0.2) is 83.3 Å². The Morgan fingerprint density at radius 3 is 2.35 bits per heavy atom. The number of carbonyl (C=O) groups excluding carboxylic acids is 2. The Morgan fingerprint density at radius 1 is 0.935 bits per heavy atom. The van der Waals surface area contributed by atoms with Gasteiger partial charge >= 0.3 is 5.97 Å². The Labute approximate surface area is 189 Å². The second-order valence-corrected chi connectivity index (χ2v) is 8.04. The molecule has 5 heteroatoms. The smallest absolute Gasteiger partial charge is 0.339 e. The van der Waals surface area contributed by atoms with E-state index in [2.05, 4.69) is 27.8 Å². The van der Waals surface area contributed by atoms with Crippen LogP contribution in [0.2, 0.25) is 0 Å². The minimum Gasteiger partial charge on any atom is -0.454 e. The van der Waals surface area contributed by atoms with Crippen molar-refractivity contribution in [2.45, 2.75) is 13.3 Å². The average Bonchev–Trinajstić information content (AvgIpc) is 2.82. The monoisotopic (exact) mass is 473 g/mol. The Balaban J connectivity index is 1.60. The van der Waals surface area contributed by atoms with Crippen molar-refractivity contribution < 1.29 is 14.3 Å². The molecule has 4 rings (SSSR count). The molecule has 0 atom stereocenters. The van der Waals surface area contributed by atoms with Crippen molar-refractivity contribution in [2.75, 3.05) is 6.61 Å². The molecule has 1 heterocycles. The van der Waals surface area contributed by atoms with Gasteiger partial charge in [0.2, 0.25) is 0 Å². The summed E-state index contributed by atoms with van der Waals surface area (Å²) >= 11 is 3.43. The second kappa shape index (κ2) is 9.23. The third-order valence-corrected chi connectivity index (χ3v) is 5.62.